The summed E-state index contributed by atoms with van der Waals surface area (Å²) in [5.74, 6) is 0.747. The van der Waals surface area contributed by atoms with Gasteiger partial charge in [-0.3, -0.25) is 0 Å². The van der Waals surface area contributed by atoms with Crippen molar-refractivity contribution in [1.29, 1.82) is 0 Å². The first-order chi connectivity index (χ1) is 10.2. The number of aryl methyl sites for hydroxylation is 1. The molecular formula is C14H13ClN6. The normalized spacial score (nSPS) is 10.6. The maximum atomic E-state index is 6.07. The molecule has 0 bridgehead atoms. The van der Waals surface area contributed by atoms with Gasteiger partial charge < -0.3 is 5.32 Å². The van der Waals surface area contributed by atoms with Crippen LogP contribution in [0.15, 0.2) is 43.1 Å². The fraction of sp³-hybridized carbons (Fsp3) is 0.143. The van der Waals surface area contributed by atoms with Crippen molar-refractivity contribution in [3.63, 3.8) is 0 Å². The van der Waals surface area contributed by atoms with Gasteiger partial charge in [0.15, 0.2) is 0 Å². The highest BCUT2D eigenvalue weighted by molar-refractivity contribution is 6.31. The first-order valence-electron chi connectivity index (χ1n) is 6.39. The Morgan fingerprint density at radius 2 is 2.19 bits per heavy atom. The van der Waals surface area contributed by atoms with E-state index in [1.54, 1.807) is 17.2 Å². The molecule has 0 unspecified atom stereocenters. The molecule has 3 rings (SSSR count). The summed E-state index contributed by atoms with van der Waals surface area (Å²) in [6.45, 7) is 2.44. The Morgan fingerprint density at radius 1 is 1.29 bits per heavy atom. The molecule has 6 nitrogen and oxygen atoms in total. The van der Waals surface area contributed by atoms with E-state index in [-0.39, 0.29) is 0 Å². The lowest BCUT2D eigenvalue weighted by molar-refractivity contribution is 0.875. The first-order valence-corrected chi connectivity index (χ1v) is 6.77. The van der Waals surface area contributed by atoms with E-state index in [1.807, 2.05) is 31.2 Å². The second-order valence-corrected chi connectivity index (χ2v) is 4.89. The lowest BCUT2D eigenvalue weighted by Gasteiger charge is -2.12. The van der Waals surface area contributed by atoms with Crippen molar-refractivity contribution >= 4 is 17.3 Å². The molecule has 0 aliphatic rings. The van der Waals surface area contributed by atoms with E-state index in [1.165, 1.54) is 6.33 Å². The molecule has 1 aromatic carbocycles. The molecule has 0 atom stereocenters. The van der Waals surface area contributed by atoms with Gasteiger partial charge in [-0.15, -0.1) is 0 Å². The zero-order valence-corrected chi connectivity index (χ0v) is 12.1. The van der Waals surface area contributed by atoms with Gasteiger partial charge in [0.05, 0.1) is 23.6 Å². The Balaban J connectivity index is 1.86. The minimum absolute atomic E-state index is 0.575. The van der Waals surface area contributed by atoms with Crippen molar-refractivity contribution in [2.75, 3.05) is 5.32 Å². The SMILES string of the molecule is Cc1nccc(CNc2cc(Cl)ccc2-n2cncn2)n1. The number of aromatic nitrogens is 5. The van der Waals surface area contributed by atoms with E-state index in [0.717, 1.165) is 22.9 Å². The molecule has 21 heavy (non-hydrogen) atoms. The lowest BCUT2D eigenvalue weighted by Crippen LogP contribution is -2.07. The van der Waals surface area contributed by atoms with E-state index >= 15 is 0 Å². The molecule has 106 valence electrons. The largest absolute Gasteiger partial charge is 0.378 e. The average molecular weight is 301 g/mol. The predicted octanol–water partition coefficient (Wildman–Crippen LogP) is 2.63. The highest BCUT2D eigenvalue weighted by atomic mass is 35.5. The predicted molar refractivity (Wildman–Crippen MR) is 80.5 cm³/mol. The van der Waals surface area contributed by atoms with Crippen LogP contribution in [0.5, 0.6) is 0 Å². The number of nitrogens with zero attached hydrogens (tertiary/aromatic N) is 5. The quantitative estimate of drug-likeness (QED) is 0.802. The highest BCUT2D eigenvalue weighted by Crippen LogP contribution is 2.24. The first kappa shape index (κ1) is 13.5. The Bertz CT molecular complexity index is 741. The second-order valence-electron chi connectivity index (χ2n) is 4.45. The summed E-state index contributed by atoms with van der Waals surface area (Å²) in [4.78, 5) is 12.4. The molecule has 0 fully saturated rings. The van der Waals surface area contributed by atoms with Gasteiger partial charge in [-0.2, -0.15) is 5.10 Å². The fourth-order valence-electron chi connectivity index (χ4n) is 1.97. The van der Waals surface area contributed by atoms with Crippen LogP contribution in [0.4, 0.5) is 5.69 Å². The third kappa shape index (κ3) is 3.17. The van der Waals surface area contributed by atoms with E-state index < -0.39 is 0 Å². The number of anilines is 1. The van der Waals surface area contributed by atoms with Gasteiger partial charge in [0, 0.05) is 11.2 Å². The van der Waals surface area contributed by atoms with Crippen molar-refractivity contribution in [3.8, 4) is 5.69 Å². The smallest absolute Gasteiger partial charge is 0.138 e. The molecule has 0 amide bonds. The summed E-state index contributed by atoms with van der Waals surface area (Å²) >= 11 is 6.07. The highest BCUT2D eigenvalue weighted by Gasteiger charge is 2.07. The number of rotatable bonds is 4. The van der Waals surface area contributed by atoms with Gasteiger partial charge >= 0.3 is 0 Å². The Morgan fingerprint density at radius 3 is 2.95 bits per heavy atom. The van der Waals surface area contributed by atoms with Crippen molar-refractivity contribution in [3.05, 3.63) is 59.7 Å². The van der Waals surface area contributed by atoms with Gasteiger partial charge in [-0.1, -0.05) is 11.6 Å². The van der Waals surface area contributed by atoms with E-state index in [9.17, 15) is 0 Å². The van der Waals surface area contributed by atoms with Gasteiger partial charge in [0.2, 0.25) is 0 Å². The molecular weight excluding hydrogens is 288 g/mol. The Labute approximate surface area is 126 Å². The topological polar surface area (TPSA) is 68.5 Å². The third-order valence-electron chi connectivity index (χ3n) is 2.92. The molecule has 0 saturated heterocycles. The summed E-state index contributed by atoms with van der Waals surface area (Å²) in [5.41, 5.74) is 2.65. The minimum atomic E-state index is 0.575. The molecule has 7 heteroatoms. The average Bonchev–Trinajstić information content (AvgIpc) is 2.99. The van der Waals surface area contributed by atoms with E-state index in [4.69, 9.17) is 11.6 Å². The fourth-order valence-corrected chi connectivity index (χ4v) is 2.14. The van der Waals surface area contributed by atoms with Crippen LogP contribution in [0.1, 0.15) is 11.5 Å². The summed E-state index contributed by atoms with van der Waals surface area (Å²) in [7, 11) is 0. The van der Waals surface area contributed by atoms with Crippen LogP contribution in [0.2, 0.25) is 5.02 Å². The molecule has 3 aromatic rings. The van der Waals surface area contributed by atoms with Crippen LogP contribution in [-0.4, -0.2) is 24.7 Å². The van der Waals surface area contributed by atoms with Crippen LogP contribution in [0.25, 0.3) is 5.69 Å². The molecule has 0 aliphatic carbocycles. The van der Waals surface area contributed by atoms with Crippen LogP contribution in [-0.2, 0) is 6.54 Å². The van der Waals surface area contributed by atoms with Gasteiger partial charge in [0.1, 0.15) is 18.5 Å². The summed E-state index contributed by atoms with van der Waals surface area (Å²) in [6.07, 6.45) is 4.88. The van der Waals surface area contributed by atoms with Crippen molar-refractivity contribution in [1.82, 2.24) is 24.7 Å². The van der Waals surface area contributed by atoms with Crippen LogP contribution >= 0.6 is 11.6 Å². The molecule has 1 N–H and O–H groups in total. The molecule has 0 saturated carbocycles. The standard InChI is InChI=1S/C14H13ClN6/c1-10-17-5-4-12(20-10)7-18-13-6-11(15)2-3-14(13)21-9-16-8-19-21/h2-6,8-9,18H,7H2,1H3. The number of hydrogen-bond acceptors (Lipinski definition) is 5. The number of nitrogens with one attached hydrogen (secondary N) is 1. The zero-order chi connectivity index (χ0) is 14.7. The third-order valence-corrected chi connectivity index (χ3v) is 3.15. The van der Waals surface area contributed by atoms with Gasteiger partial charge in [-0.25, -0.2) is 19.6 Å². The Hall–Kier alpha value is -2.47. The second kappa shape index (κ2) is 5.88. The van der Waals surface area contributed by atoms with Crippen molar-refractivity contribution < 1.29 is 0 Å². The molecule has 2 heterocycles. The van der Waals surface area contributed by atoms with Crippen LogP contribution < -0.4 is 5.32 Å². The molecule has 0 aliphatic heterocycles. The molecule has 0 radical (unpaired) electrons. The summed E-state index contributed by atoms with van der Waals surface area (Å²) in [6, 6.07) is 7.44. The lowest BCUT2D eigenvalue weighted by atomic mass is 10.2. The van der Waals surface area contributed by atoms with Crippen molar-refractivity contribution in [2.45, 2.75) is 13.5 Å². The summed E-state index contributed by atoms with van der Waals surface area (Å²) in [5, 5.41) is 8.12. The molecule has 0 spiro atoms. The van der Waals surface area contributed by atoms with Crippen molar-refractivity contribution in [2.24, 2.45) is 0 Å². The van der Waals surface area contributed by atoms with Gasteiger partial charge in [0.25, 0.3) is 0 Å². The van der Waals surface area contributed by atoms with Crippen LogP contribution in [0, 0.1) is 6.92 Å². The number of benzene rings is 1. The summed E-state index contributed by atoms with van der Waals surface area (Å²) < 4.78 is 1.68. The number of hydrogen-bond donors (Lipinski definition) is 1. The van der Waals surface area contributed by atoms with E-state index in [0.29, 0.717) is 11.6 Å². The monoisotopic (exact) mass is 300 g/mol. The number of halogens is 1. The van der Waals surface area contributed by atoms with Gasteiger partial charge in [-0.05, 0) is 31.2 Å². The minimum Gasteiger partial charge on any atom is -0.378 e. The van der Waals surface area contributed by atoms with E-state index in [2.05, 4.69) is 25.4 Å². The van der Waals surface area contributed by atoms with Crippen LogP contribution in [0.3, 0.4) is 0 Å². The maximum Gasteiger partial charge on any atom is 0.138 e. The maximum absolute atomic E-state index is 6.07. The zero-order valence-electron chi connectivity index (χ0n) is 11.4. The molecule has 2 aromatic heterocycles. The Kier molecular flexibility index (Phi) is 3.79.